The highest BCUT2D eigenvalue weighted by Crippen LogP contribution is 2.60. The molecule has 2 aliphatic rings. The summed E-state index contributed by atoms with van der Waals surface area (Å²) >= 11 is 0. The largest absolute Gasteiger partial charge is 0.296 e. The molecular weight excluding hydrogens is 236 g/mol. The van der Waals surface area contributed by atoms with Gasteiger partial charge in [-0.3, -0.25) is 14.9 Å². The molecule has 1 N–H and O–H groups in total. The maximum Gasteiger partial charge on any atom is 0.231 e. The Bertz CT molecular complexity index is 220. The van der Waals surface area contributed by atoms with Crippen LogP contribution in [-0.2, 0) is 9.59 Å². The highest BCUT2D eigenvalue weighted by molar-refractivity contribution is 6.10. The lowest BCUT2D eigenvalue weighted by Gasteiger charge is -2.05. The average Bonchev–Trinajstić information content (AvgIpc) is 2.17. The lowest BCUT2D eigenvalue weighted by Crippen LogP contribution is -2.29. The van der Waals surface area contributed by atoms with E-state index < -0.39 is 0 Å². The Kier molecular flexibility index (Phi) is 4.80. The van der Waals surface area contributed by atoms with Crippen LogP contribution in [0, 0.1) is 17.3 Å². The van der Waals surface area contributed by atoms with E-state index in [0.717, 1.165) is 0 Å². The number of carbonyl (C=O) groups excluding carboxylic acids is 2. The molecule has 2 atom stereocenters. The maximum absolute atomic E-state index is 10.9. The SMILES string of the molecule is CC1(C)C2C(=O)NC(=O)C21.Cl.Cl.Cl. The third-order valence-electron chi connectivity index (χ3n) is 2.64. The molecule has 1 aliphatic heterocycles. The van der Waals surface area contributed by atoms with E-state index in [2.05, 4.69) is 5.32 Å². The fourth-order valence-corrected chi connectivity index (χ4v) is 1.89. The number of imide groups is 1. The first-order chi connectivity index (χ1) is 4.55. The highest BCUT2D eigenvalue weighted by Gasteiger charge is 2.69. The van der Waals surface area contributed by atoms with E-state index in [1.165, 1.54) is 0 Å². The van der Waals surface area contributed by atoms with E-state index in [4.69, 9.17) is 0 Å². The predicted molar refractivity (Wildman–Crippen MR) is 55.7 cm³/mol. The van der Waals surface area contributed by atoms with Gasteiger partial charge in [-0.1, -0.05) is 13.8 Å². The third kappa shape index (κ3) is 1.78. The van der Waals surface area contributed by atoms with Gasteiger partial charge in [-0.2, -0.15) is 0 Å². The van der Waals surface area contributed by atoms with Crippen molar-refractivity contribution in [3.05, 3.63) is 0 Å². The molecule has 0 aromatic carbocycles. The van der Waals surface area contributed by atoms with Crippen molar-refractivity contribution in [3.63, 3.8) is 0 Å². The normalized spacial score (nSPS) is 31.5. The molecule has 13 heavy (non-hydrogen) atoms. The Balaban J connectivity index is 0. The summed E-state index contributed by atoms with van der Waals surface area (Å²) in [6.07, 6.45) is 0. The first-order valence-corrected chi connectivity index (χ1v) is 3.40. The second-order valence-electron chi connectivity index (χ2n) is 3.63. The zero-order chi connectivity index (χ0) is 7.52. The van der Waals surface area contributed by atoms with E-state index in [1.54, 1.807) is 0 Å². The van der Waals surface area contributed by atoms with Crippen molar-refractivity contribution >= 4 is 49.0 Å². The minimum Gasteiger partial charge on any atom is -0.296 e. The molecule has 1 aliphatic carbocycles. The molecule has 0 aromatic rings. The third-order valence-corrected chi connectivity index (χ3v) is 2.64. The van der Waals surface area contributed by atoms with Gasteiger partial charge in [0.1, 0.15) is 0 Å². The first kappa shape index (κ1) is 15.5. The first-order valence-electron chi connectivity index (χ1n) is 3.40. The van der Waals surface area contributed by atoms with E-state index in [1.807, 2.05) is 13.8 Å². The van der Waals surface area contributed by atoms with Gasteiger partial charge >= 0.3 is 0 Å². The molecule has 6 heteroatoms. The molecule has 0 aromatic heterocycles. The standard InChI is InChI=1S/C7H9NO2.3ClH/c1-7(2)3-4(7)6(10)8-5(3)9;;;/h3-4H,1-2H3,(H,8,9,10);3*1H. The van der Waals surface area contributed by atoms with Crippen molar-refractivity contribution in [1.29, 1.82) is 0 Å². The lowest BCUT2D eigenvalue weighted by molar-refractivity contribution is -0.128. The molecule has 78 valence electrons. The van der Waals surface area contributed by atoms with Crippen molar-refractivity contribution < 1.29 is 9.59 Å². The van der Waals surface area contributed by atoms with Gasteiger partial charge < -0.3 is 0 Å². The Morgan fingerprint density at radius 3 is 1.46 bits per heavy atom. The Morgan fingerprint density at radius 1 is 1.00 bits per heavy atom. The molecule has 2 rings (SSSR count). The second-order valence-corrected chi connectivity index (χ2v) is 3.63. The summed E-state index contributed by atoms with van der Waals surface area (Å²) < 4.78 is 0. The summed E-state index contributed by atoms with van der Waals surface area (Å²) in [5, 5.41) is 2.29. The fourth-order valence-electron chi connectivity index (χ4n) is 1.89. The predicted octanol–water partition coefficient (Wildman–Crippen LogP) is 1.18. The molecule has 2 unspecified atom stereocenters. The summed E-state index contributed by atoms with van der Waals surface area (Å²) in [6.45, 7) is 3.91. The van der Waals surface area contributed by atoms with E-state index in [-0.39, 0.29) is 66.3 Å². The second kappa shape index (κ2) is 4.03. The number of hydrogen-bond acceptors (Lipinski definition) is 2. The summed E-state index contributed by atoms with van der Waals surface area (Å²) in [5.41, 5.74) is -0.0561. The van der Waals surface area contributed by atoms with Crippen molar-refractivity contribution in [2.45, 2.75) is 13.8 Å². The number of piperidine rings is 1. The Labute approximate surface area is 95.2 Å². The van der Waals surface area contributed by atoms with Crippen LogP contribution >= 0.6 is 37.2 Å². The number of halogens is 3. The van der Waals surface area contributed by atoms with Crippen molar-refractivity contribution in [1.82, 2.24) is 5.32 Å². The van der Waals surface area contributed by atoms with E-state index in [0.29, 0.717) is 0 Å². The van der Waals surface area contributed by atoms with Gasteiger partial charge in [0.15, 0.2) is 0 Å². The van der Waals surface area contributed by atoms with E-state index >= 15 is 0 Å². The molecular formula is C7H12Cl3NO2. The molecule has 3 nitrogen and oxygen atoms in total. The molecule has 0 radical (unpaired) electrons. The zero-order valence-corrected chi connectivity index (χ0v) is 9.65. The molecule has 0 bridgehead atoms. The van der Waals surface area contributed by atoms with Crippen LogP contribution in [0.4, 0.5) is 0 Å². The van der Waals surface area contributed by atoms with Crippen LogP contribution in [0.1, 0.15) is 13.8 Å². The molecule has 0 spiro atoms. The van der Waals surface area contributed by atoms with Crippen LogP contribution in [0.25, 0.3) is 0 Å². The van der Waals surface area contributed by atoms with Crippen LogP contribution in [0.2, 0.25) is 0 Å². The van der Waals surface area contributed by atoms with Gasteiger partial charge in [-0.25, -0.2) is 0 Å². The summed E-state index contributed by atoms with van der Waals surface area (Å²) in [6, 6.07) is 0. The Hall–Kier alpha value is 0.01000. The number of nitrogens with one attached hydrogen (secondary N) is 1. The fraction of sp³-hybridized carbons (Fsp3) is 0.714. The average molecular weight is 249 g/mol. The minimum absolute atomic E-state index is 0. The molecule has 1 saturated heterocycles. The highest BCUT2D eigenvalue weighted by atomic mass is 35.5. The minimum atomic E-state index is -0.0833. The summed E-state index contributed by atoms with van der Waals surface area (Å²) in [4.78, 5) is 21.8. The van der Waals surface area contributed by atoms with Crippen molar-refractivity contribution in [2.24, 2.45) is 17.3 Å². The Morgan fingerprint density at radius 2 is 1.31 bits per heavy atom. The number of amides is 2. The van der Waals surface area contributed by atoms with Gasteiger partial charge in [0.25, 0.3) is 0 Å². The van der Waals surface area contributed by atoms with Crippen molar-refractivity contribution in [3.8, 4) is 0 Å². The molecule has 1 saturated carbocycles. The number of hydrogen-bond donors (Lipinski definition) is 1. The van der Waals surface area contributed by atoms with E-state index in [9.17, 15) is 9.59 Å². The topological polar surface area (TPSA) is 46.2 Å². The quantitative estimate of drug-likeness (QED) is 0.655. The monoisotopic (exact) mass is 247 g/mol. The molecule has 2 amide bonds. The van der Waals surface area contributed by atoms with Gasteiger partial charge in [-0.05, 0) is 5.41 Å². The van der Waals surface area contributed by atoms with Crippen LogP contribution in [0.3, 0.4) is 0 Å². The van der Waals surface area contributed by atoms with Crippen LogP contribution in [-0.4, -0.2) is 11.8 Å². The number of carbonyl (C=O) groups is 2. The number of rotatable bonds is 0. The van der Waals surface area contributed by atoms with Gasteiger partial charge in [0, 0.05) is 0 Å². The van der Waals surface area contributed by atoms with Crippen LogP contribution in [0.15, 0.2) is 0 Å². The van der Waals surface area contributed by atoms with Crippen LogP contribution in [0.5, 0.6) is 0 Å². The van der Waals surface area contributed by atoms with Crippen LogP contribution < -0.4 is 5.32 Å². The summed E-state index contributed by atoms with van der Waals surface area (Å²) in [5.74, 6) is -0.222. The molecule has 1 heterocycles. The van der Waals surface area contributed by atoms with Gasteiger partial charge in [-0.15, -0.1) is 37.2 Å². The summed E-state index contributed by atoms with van der Waals surface area (Å²) in [7, 11) is 0. The smallest absolute Gasteiger partial charge is 0.231 e. The number of fused-ring (bicyclic) bond motifs is 1. The molecule has 2 fully saturated rings. The van der Waals surface area contributed by atoms with Crippen molar-refractivity contribution in [2.75, 3.05) is 0 Å². The maximum atomic E-state index is 10.9. The van der Waals surface area contributed by atoms with Gasteiger partial charge in [0.2, 0.25) is 11.8 Å². The zero-order valence-electron chi connectivity index (χ0n) is 7.20. The lowest BCUT2D eigenvalue weighted by atomic mass is 10.1. The van der Waals surface area contributed by atoms with Gasteiger partial charge in [0.05, 0.1) is 11.8 Å².